The van der Waals surface area contributed by atoms with E-state index in [1.807, 2.05) is 0 Å². The van der Waals surface area contributed by atoms with Gasteiger partial charge in [0, 0.05) is 25.6 Å². The maximum Gasteiger partial charge on any atom is 0.364 e. The Morgan fingerprint density at radius 2 is 1.94 bits per heavy atom. The summed E-state index contributed by atoms with van der Waals surface area (Å²) in [4.78, 5) is 57.3. The van der Waals surface area contributed by atoms with E-state index < -0.39 is 64.2 Å². The number of amides is 1. The second-order valence-corrected chi connectivity index (χ2v) is 11.3. The van der Waals surface area contributed by atoms with Gasteiger partial charge in [-0.2, -0.15) is 8.42 Å². The van der Waals surface area contributed by atoms with Crippen LogP contribution < -0.4 is 5.73 Å². The molecule has 0 unspecified atom stereocenters. The highest BCUT2D eigenvalue weighted by Crippen LogP contribution is 2.34. The Balaban J connectivity index is 2.16. The van der Waals surface area contributed by atoms with E-state index in [1.54, 1.807) is 0 Å². The SMILES string of the molecule is COC(=O)C(C)(C)COS(=O)(=O)N1C(=O)[C@@H](CC(=O)/C(=N/OC(C)(C)OC=O)c2csc(N)n2)[C@@H]1C. The van der Waals surface area contributed by atoms with Crippen molar-refractivity contribution < 1.29 is 46.1 Å². The van der Waals surface area contributed by atoms with Crippen molar-refractivity contribution >= 4 is 56.6 Å². The number of methoxy groups -OCH3 is 1. The Morgan fingerprint density at radius 1 is 1.31 bits per heavy atom. The third kappa shape index (κ3) is 6.55. The Morgan fingerprint density at radius 3 is 2.44 bits per heavy atom. The monoisotopic (exact) mass is 548 g/mol. The van der Waals surface area contributed by atoms with E-state index in [2.05, 4.69) is 14.9 Å². The van der Waals surface area contributed by atoms with Gasteiger partial charge in [-0.15, -0.1) is 11.3 Å². The van der Waals surface area contributed by atoms with Crippen molar-refractivity contribution in [3.63, 3.8) is 0 Å². The number of esters is 1. The Hall–Kier alpha value is -3.11. The molecule has 2 atom stereocenters. The number of nitrogens with zero attached hydrogens (tertiary/aromatic N) is 3. The van der Waals surface area contributed by atoms with Crippen LogP contribution in [0.15, 0.2) is 10.5 Å². The number of rotatable bonds is 13. The molecule has 0 saturated carbocycles. The number of anilines is 1. The lowest BCUT2D eigenvalue weighted by Gasteiger charge is -2.43. The summed E-state index contributed by atoms with van der Waals surface area (Å²) < 4.78 is 40.0. The fourth-order valence-corrected chi connectivity index (χ4v) is 5.08. The molecule has 1 amide bonds. The number of nitrogen functional groups attached to an aromatic ring is 1. The maximum atomic E-state index is 13.0. The average Bonchev–Trinajstić information content (AvgIpc) is 3.21. The van der Waals surface area contributed by atoms with Crippen LogP contribution in [-0.2, 0) is 48.0 Å². The third-order valence-electron chi connectivity index (χ3n) is 5.16. The Bertz CT molecular complexity index is 1160. The summed E-state index contributed by atoms with van der Waals surface area (Å²) in [5.41, 5.74) is 4.14. The summed E-state index contributed by atoms with van der Waals surface area (Å²) in [6.07, 6.45) is -0.422. The molecule has 14 nitrogen and oxygen atoms in total. The predicted octanol–water partition coefficient (Wildman–Crippen LogP) is 0.622. The molecular weight excluding hydrogens is 520 g/mol. The molecule has 16 heteroatoms. The van der Waals surface area contributed by atoms with Crippen molar-refractivity contribution in [2.45, 2.75) is 52.9 Å². The van der Waals surface area contributed by atoms with Crippen LogP contribution in [0.25, 0.3) is 0 Å². The van der Waals surface area contributed by atoms with Gasteiger partial charge >= 0.3 is 16.3 Å². The van der Waals surface area contributed by atoms with Crippen molar-refractivity contribution in [3.8, 4) is 0 Å². The van der Waals surface area contributed by atoms with Gasteiger partial charge in [0.15, 0.2) is 16.6 Å². The highest BCUT2D eigenvalue weighted by atomic mass is 32.2. The summed E-state index contributed by atoms with van der Waals surface area (Å²) >= 11 is 1.03. The van der Waals surface area contributed by atoms with E-state index in [-0.39, 0.29) is 23.0 Å². The molecule has 2 rings (SSSR count). The van der Waals surface area contributed by atoms with Crippen molar-refractivity contribution in [2.24, 2.45) is 16.5 Å². The number of ether oxygens (including phenoxy) is 2. The lowest BCUT2D eigenvalue weighted by Crippen LogP contribution is -2.62. The normalized spacial score (nSPS) is 18.9. The number of ketones is 1. The highest BCUT2D eigenvalue weighted by Gasteiger charge is 2.53. The summed E-state index contributed by atoms with van der Waals surface area (Å²) in [5, 5.41) is 5.36. The minimum absolute atomic E-state index is 0.0710. The topological polar surface area (TPSA) is 194 Å². The summed E-state index contributed by atoms with van der Waals surface area (Å²) in [6.45, 7) is 6.63. The Kier molecular flexibility index (Phi) is 8.80. The molecule has 0 aromatic carbocycles. The lowest BCUT2D eigenvalue weighted by atomic mass is 9.86. The van der Waals surface area contributed by atoms with Gasteiger partial charge in [-0.1, -0.05) is 5.16 Å². The number of nitrogens with two attached hydrogens (primary N) is 1. The molecule has 1 saturated heterocycles. The molecule has 2 N–H and O–H groups in total. The standard InChI is InChI=1S/C20H28N4O10S2/c1-11-12(16(27)24(11)36(29,30)33-9-19(2,3)17(28)31-6)7-14(26)15(13-8-35-18(21)22-13)23-34-20(4,5)32-10-25/h8,10-12H,7,9H2,1-6H3,(H2,21,22)/b23-15+/t11-,12-/m0/s1. The van der Waals surface area contributed by atoms with Crippen molar-refractivity contribution in [3.05, 3.63) is 11.1 Å². The molecule has 200 valence electrons. The van der Waals surface area contributed by atoms with Gasteiger partial charge < -0.3 is 20.0 Å². The zero-order chi connectivity index (χ0) is 27.5. The first kappa shape index (κ1) is 29.1. The first-order valence-electron chi connectivity index (χ1n) is 10.5. The van der Waals surface area contributed by atoms with Gasteiger partial charge in [-0.3, -0.25) is 23.4 Å². The lowest BCUT2D eigenvalue weighted by molar-refractivity contribution is -0.203. The molecular formula is C20H28N4O10S2. The van der Waals surface area contributed by atoms with Gasteiger partial charge in [0.1, 0.15) is 5.69 Å². The minimum atomic E-state index is -4.54. The number of carbonyl (C=O) groups excluding carboxylic acids is 4. The molecule has 36 heavy (non-hydrogen) atoms. The Labute approximate surface area is 212 Å². The molecule has 2 heterocycles. The highest BCUT2D eigenvalue weighted by molar-refractivity contribution is 7.85. The van der Waals surface area contributed by atoms with Gasteiger partial charge in [0.2, 0.25) is 5.91 Å². The van der Waals surface area contributed by atoms with Crippen LogP contribution in [0.4, 0.5) is 5.13 Å². The van der Waals surface area contributed by atoms with Crippen LogP contribution >= 0.6 is 11.3 Å². The second-order valence-electron chi connectivity index (χ2n) is 8.92. The first-order chi connectivity index (χ1) is 16.6. The van der Waals surface area contributed by atoms with Gasteiger partial charge in [-0.25, -0.2) is 9.29 Å². The zero-order valence-electron chi connectivity index (χ0n) is 20.5. The smallest absolute Gasteiger partial charge is 0.364 e. The van der Waals surface area contributed by atoms with Crippen LogP contribution in [0.1, 0.15) is 46.7 Å². The number of Topliss-reactive ketones (excluding diaryl/α,β-unsaturated/α-hetero) is 1. The fraction of sp³-hybridized carbons (Fsp3) is 0.600. The number of thiazole rings is 1. The molecule has 0 aliphatic carbocycles. The van der Waals surface area contributed by atoms with Crippen molar-refractivity contribution in [2.75, 3.05) is 19.5 Å². The number of aromatic nitrogens is 1. The quantitative estimate of drug-likeness (QED) is 0.0903. The van der Waals surface area contributed by atoms with Gasteiger partial charge in [0.05, 0.1) is 31.1 Å². The number of hydrogen-bond acceptors (Lipinski definition) is 14. The summed E-state index contributed by atoms with van der Waals surface area (Å²) in [5.74, 6) is -4.76. The van der Waals surface area contributed by atoms with Crippen LogP contribution in [0, 0.1) is 11.3 Å². The first-order valence-corrected chi connectivity index (χ1v) is 12.7. The molecule has 0 bridgehead atoms. The van der Waals surface area contributed by atoms with E-state index in [1.165, 1.54) is 40.0 Å². The summed E-state index contributed by atoms with van der Waals surface area (Å²) in [6, 6.07) is -0.926. The van der Waals surface area contributed by atoms with Crippen LogP contribution in [0.2, 0.25) is 0 Å². The molecule has 1 aromatic heterocycles. The van der Waals surface area contributed by atoms with E-state index in [4.69, 9.17) is 19.5 Å². The zero-order valence-corrected chi connectivity index (χ0v) is 22.2. The maximum absolute atomic E-state index is 13.0. The second kappa shape index (κ2) is 10.9. The predicted molar refractivity (Wildman–Crippen MR) is 125 cm³/mol. The average molecular weight is 549 g/mol. The fourth-order valence-electron chi connectivity index (χ4n) is 3.06. The molecule has 1 aliphatic heterocycles. The molecule has 0 spiro atoms. The van der Waals surface area contributed by atoms with Crippen LogP contribution in [-0.4, -0.2) is 73.1 Å². The van der Waals surface area contributed by atoms with Crippen LogP contribution in [0.3, 0.4) is 0 Å². The van der Waals surface area contributed by atoms with E-state index in [0.717, 1.165) is 18.4 Å². The number of hydrogen-bond donors (Lipinski definition) is 1. The molecule has 0 radical (unpaired) electrons. The van der Waals surface area contributed by atoms with Crippen LogP contribution in [0.5, 0.6) is 0 Å². The molecule has 1 aromatic rings. The minimum Gasteiger partial charge on any atom is -0.469 e. The number of oxime groups is 1. The largest absolute Gasteiger partial charge is 0.469 e. The van der Waals surface area contributed by atoms with E-state index >= 15 is 0 Å². The third-order valence-corrected chi connectivity index (χ3v) is 7.24. The molecule has 1 fully saturated rings. The van der Waals surface area contributed by atoms with Crippen molar-refractivity contribution in [1.29, 1.82) is 0 Å². The number of β-lactam (4-membered cyclic amide) rings is 1. The van der Waals surface area contributed by atoms with E-state index in [9.17, 15) is 27.6 Å². The van der Waals surface area contributed by atoms with Gasteiger partial charge in [-0.05, 0) is 20.8 Å². The van der Waals surface area contributed by atoms with Gasteiger partial charge in [0.25, 0.3) is 12.3 Å². The number of carbonyl (C=O) groups is 4. The van der Waals surface area contributed by atoms with E-state index in [0.29, 0.717) is 4.31 Å². The van der Waals surface area contributed by atoms with Crippen molar-refractivity contribution in [1.82, 2.24) is 9.29 Å². The molecule has 1 aliphatic rings. The summed E-state index contributed by atoms with van der Waals surface area (Å²) in [7, 11) is -3.38.